The number of carbonyl (C=O) groups is 2. The highest BCUT2D eigenvalue weighted by Crippen LogP contribution is 2.13. The van der Waals surface area contributed by atoms with Crippen LogP contribution in [0.3, 0.4) is 0 Å². The van der Waals surface area contributed by atoms with Gasteiger partial charge in [0.1, 0.15) is 6.04 Å². The van der Waals surface area contributed by atoms with E-state index in [1.807, 2.05) is 0 Å². The Labute approximate surface area is 229 Å². The van der Waals surface area contributed by atoms with Crippen LogP contribution in [0.15, 0.2) is 12.5 Å². The fourth-order valence-corrected chi connectivity index (χ4v) is 3.34. The summed E-state index contributed by atoms with van der Waals surface area (Å²) in [6, 6.07) is -0.0333. The molecule has 0 aliphatic carbocycles. The lowest BCUT2D eigenvalue weighted by Gasteiger charge is -2.28. The van der Waals surface area contributed by atoms with E-state index in [1.54, 1.807) is 13.8 Å². The van der Waals surface area contributed by atoms with Crippen molar-refractivity contribution in [2.45, 2.75) is 57.8 Å². The third kappa shape index (κ3) is 22.3. The predicted octanol–water partition coefficient (Wildman–Crippen LogP) is 1.23. The standard InChI is InChI=1S/C25H51N3O9Si/c1-21(37-25(2,3)31-4)28-22(24(30)36-18-19-38(5,6)7)20-27-23(29)8-10-32-12-14-34-16-17-35-15-13-33-11-9-26/h22,28H,1,8-20,26H2,2-7H3,(H,27,29)/t22-/m1/s1. The zero-order chi connectivity index (χ0) is 28.9. The summed E-state index contributed by atoms with van der Waals surface area (Å²) in [6.07, 6.45) is 0.136. The van der Waals surface area contributed by atoms with Crippen molar-refractivity contribution in [3.63, 3.8) is 0 Å². The van der Waals surface area contributed by atoms with Gasteiger partial charge in [0.25, 0.3) is 0 Å². The minimum Gasteiger partial charge on any atom is -0.464 e. The number of esters is 1. The number of nitrogens with two attached hydrogens (primary N) is 1. The summed E-state index contributed by atoms with van der Waals surface area (Å²) in [6.45, 7) is 18.0. The van der Waals surface area contributed by atoms with Gasteiger partial charge in [-0.15, -0.1) is 0 Å². The van der Waals surface area contributed by atoms with Crippen molar-refractivity contribution in [3.05, 3.63) is 12.5 Å². The van der Waals surface area contributed by atoms with Gasteiger partial charge in [0.05, 0.1) is 59.5 Å². The quantitative estimate of drug-likeness (QED) is 0.0482. The summed E-state index contributed by atoms with van der Waals surface area (Å²) >= 11 is 0. The average Bonchev–Trinajstić information content (AvgIpc) is 2.83. The molecule has 0 aromatic heterocycles. The molecule has 0 aliphatic heterocycles. The molecule has 0 aromatic carbocycles. The average molecular weight is 566 g/mol. The van der Waals surface area contributed by atoms with E-state index in [0.717, 1.165) is 6.04 Å². The molecule has 0 aliphatic rings. The van der Waals surface area contributed by atoms with Gasteiger partial charge in [-0.3, -0.25) is 4.79 Å². The number of rotatable bonds is 25. The lowest BCUT2D eigenvalue weighted by atomic mass is 10.3. The molecule has 0 heterocycles. The first-order chi connectivity index (χ1) is 17.9. The lowest BCUT2D eigenvalue weighted by molar-refractivity contribution is -0.177. The van der Waals surface area contributed by atoms with E-state index in [4.69, 9.17) is 38.9 Å². The van der Waals surface area contributed by atoms with E-state index in [1.165, 1.54) is 7.11 Å². The summed E-state index contributed by atoms with van der Waals surface area (Å²) in [4.78, 5) is 25.0. The Morgan fingerprint density at radius 2 is 1.42 bits per heavy atom. The largest absolute Gasteiger partial charge is 0.464 e. The van der Waals surface area contributed by atoms with Crippen LogP contribution in [0, 0.1) is 0 Å². The van der Waals surface area contributed by atoms with Crippen LogP contribution in [-0.4, -0.2) is 111 Å². The molecule has 0 aromatic rings. The maximum atomic E-state index is 12.7. The molecule has 0 fully saturated rings. The monoisotopic (exact) mass is 565 g/mol. The zero-order valence-corrected chi connectivity index (χ0v) is 25.2. The second-order valence-corrected chi connectivity index (χ2v) is 15.7. The Morgan fingerprint density at radius 1 is 0.895 bits per heavy atom. The molecular weight excluding hydrogens is 514 g/mol. The van der Waals surface area contributed by atoms with Gasteiger partial charge in [-0.05, 0) is 12.6 Å². The fourth-order valence-electron chi connectivity index (χ4n) is 2.63. The molecule has 1 atom stereocenters. The third-order valence-corrected chi connectivity index (χ3v) is 6.64. The van der Waals surface area contributed by atoms with Crippen molar-refractivity contribution in [2.75, 3.05) is 79.7 Å². The number of hydrogen-bond donors (Lipinski definition) is 3. The SMILES string of the molecule is C=C(N[C@H](CNC(=O)CCOCCOCCOCCOCCN)C(=O)OCC[Si](C)(C)C)OC(C)(C)OC. The van der Waals surface area contributed by atoms with Crippen molar-refractivity contribution < 1.29 is 42.7 Å². The van der Waals surface area contributed by atoms with E-state index in [-0.39, 0.29) is 31.4 Å². The van der Waals surface area contributed by atoms with E-state index < -0.39 is 25.9 Å². The van der Waals surface area contributed by atoms with E-state index in [0.29, 0.717) is 59.4 Å². The molecule has 0 saturated heterocycles. The van der Waals surface area contributed by atoms with Crippen molar-refractivity contribution >= 4 is 20.0 Å². The van der Waals surface area contributed by atoms with Crippen molar-refractivity contribution in [1.82, 2.24) is 10.6 Å². The van der Waals surface area contributed by atoms with Gasteiger partial charge < -0.3 is 49.5 Å². The number of carbonyl (C=O) groups excluding carboxylic acids is 2. The Hall–Kier alpha value is -1.74. The fraction of sp³-hybridized carbons (Fsp3) is 0.840. The number of hydrogen-bond acceptors (Lipinski definition) is 11. The van der Waals surface area contributed by atoms with Gasteiger partial charge >= 0.3 is 5.97 Å². The highest BCUT2D eigenvalue weighted by molar-refractivity contribution is 6.76. The van der Waals surface area contributed by atoms with Crippen LogP contribution in [0.25, 0.3) is 0 Å². The molecule has 0 spiro atoms. The molecule has 4 N–H and O–H groups in total. The van der Waals surface area contributed by atoms with Crippen molar-refractivity contribution in [1.29, 1.82) is 0 Å². The molecule has 0 bridgehead atoms. The highest BCUT2D eigenvalue weighted by atomic mass is 28.3. The summed E-state index contributed by atoms with van der Waals surface area (Å²) in [5.74, 6) is -1.56. The van der Waals surface area contributed by atoms with Gasteiger partial charge in [-0.25, -0.2) is 4.79 Å². The lowest BCUT2D eigenvalue weighted by Crippen LogP contribution is -2.48. The number of methoxy groups -OCH3 is 1. The molecule has 13 heteroatoms. The van der Waals surface area contributed by atoms with E-state index >= 15 is 0 Å². The van der Waals surface area contributed by atoms with Gasteiger partial charge in [0.2, 0.25) is 11.7 Å². The Kier molecular flexibility index (Phi) is 20.2. The maximum Gasteiger partial charge on any atom is 0.330 e. The molecular formula is C25H51N3O9Si. The molecule has 0 saturated carbocycles. The van der Waals surface area contributed by atoms with Gasteiger partial charge in [-0.1, -0.05) is 19.6 Å². The minimum absolute atomic E-state index is 0.000771. The highest BCUT2D eigenvalue weighted by Gasteiger charge is 2.25. The first kappa shape index (κ1) is 36.3. The third-order valence-electron chi connectivity index (χ3n) is 4.93. The number of amides is 1. The zero-order valence-electron chi connectivity index (χ0n) is 24.2. The van der Waals surface area contributed by atoms with Crippen LogP contribution in [0.4, 0.5) is 0 Å². The second kappa shape index (κ2) is 21.1. The minimum atomic E-state index is -1.37. The molecule has 0 radical (unpaired) electrons. The van der Waals surface area contributed by atoms with Gasteiger partial charge in [-0.2, -0.15) is 0 Å². The first-order valence-electron chi connectivity index (χ1n) is 13.0. The molecule has 12 nitrogen and oxygen atoms in total. The van der Waals surface area contributed by atoms with Crippen LogP contribution >= 0.6 is 0 Å². The molecule has 38 heavy (non-hydrogen) atoms. The maximum absolute atomic E-state index is 12.7. The summed E-state index contributed by atoms with van der Waals surface area (Å²) < 4.78 is 37.7. The summed E-state index contributed by atoms with van der Waals surface area (Å²) in [7, 11) is 0.135. The topological polar surface area (TPSA) is 149 Å². The van der Waals surface area contributed by atoms with Crippen LogP contribution in [-0.2, 0) is 42.7 Å². The smallest absolute Gasteiger partial charge is 0.330 e. The molecule has 224 valence electrons. The number of nitrogens with one attached hydrogen (secondary N) is 2. The van der Waals surface area contributed by atoms with Crippen molar-refractivity contribution in [3.8, 4) is 0 Å². The van der Waals surface area contributed by atoms with Crippen molar-refractivity contribution in [2.24, 2.45) is 5.73 Å². The normalized spacial score (nSPS) is 12.6. The number of ether oxygens (including phenoxy) is 7. The van der Waals surface area contributed by atoms with Crippen LogP contribution in [0.2, 0.25) is 25.7 Å². The summed E-state index contributed by atoms with van der Waals surface area (Å²) in [5, 5.41) is 5.61. The molecule has 0 rings (SSSR count). The van der Waals surface area contributed by atoms with E-state index in [2.05, 4.69) is 36.9 Å². The van der Waals surface area contributed by atoms with E-state index in [9.17, 15) is 9.59 Å². The van der Waals surface area contributed by atoms with Crippen LogP contribution in [0.1, 0.15) is 20.3 Å². The van der Waals surface area contributed by atoms with Gasteiger partial charge in [0.15, 0.2) is 5.88 Å². The molecule has 1 amide bonds. The Bertz CT molecular complexity index is 660. The Morgan fingerprint density at radius 3 is 1.92 bits per heavy atom. The first-order valence-corrected chi connectivity index (χ1v) is 16.7. The van der Waals surface area contributed by atoms with Crippen LogP contribution in [0.5, 0.6) is 0 Å². The summed E-state index contributed by atoms with van der Waals surface area (Å²) in [5.41, 5.74) is 5.33. The molecule has 0 unspecified atom stereocenters. The predicted molar refractivity (Wildman–Crippen MR) is 147 cm³/mol. The Balaban J connectivity index is 4.27. The van der Waals surface area contributed by atoms with Crippen LogP contribution < -0.4 is 16.4 Å². The second-order valence-electron chi connectivity index (χ2n) is 10.1. The van der Waals surface area contributed by atoms with Gasteiger partial charge in [0, 0.05) is 48.5 Å².